The summed E-state index contributed by atoms with van der Waals surface area (Å²) in [7, 11) is 1.73. The van der Waals surface area contributed by atoms with Crippen LogP contribution >= 0.6 is 0 Å². The largest absolute Gasteiger partial charge is 0.508 e. The molecule has 9 unspecified atom stereocenters. The third-order valence-corrected chi connectivity index (χ3v) is 9.72. The minimum atomic E-state index is -1.03. The zero-order valence-corrected chi connectivity index (χ0v) is 27.7. The summed E-state index contributed by atoms with van der Waals surface area (Å²) in [5.74, 6) is -0.998. The fourth-order valence-electron chi connectivity index (χ4n) is 7.52. The van der Waals surface area contributed by atoms with Crippen molar-refractivity contribution in [2.24, 2.45) is 35.0 Å². The van der Waals surface area contributed by atoms with Gasteiger partial charge in [-0.3, -0.25) is 0 Å². The van der Waals surface area contributed by atoms with E-state index in [-0.39, 0.29) is 40.9 Å². The van der Waals surface area contributed by atoms with Gasteiger partial charge in [0.1, 0.15) is 5.75 Å². The van der Waals surface area contributed by atoms with Crippen molar-refractivity contribution in [1.82, 2.24) is 0 Å². The maximum Gasteiger partial charge on any atom is 0.328 e. The molecule has 0 radical (unpaired) electrons. The number of ether oxygens (including phenoxy) is 1. The molecule has 45 heavy (non-hydrogen) atoms. The van der Waals surface area contributed by atoms with Crippen LogP contribution in [0.3, 0.4) is 0 Å². The lowest BCUT2D eigenvalue weighted by Gasteiger charge is -2.47. The van der Waals surface area contributed by atoms with Gasteiger partial charge in [0.25, 0.3) is 0 Å². The second kappa shape index (κ2) is 15.4. The van der Waals surface area contributed by atoms with Crippen LogP contribution in [0.2, 0.25) is 0 Å². The lowest BCUT2D eigenvalue weighted by Crippen LogP contribution is -2.43. The Morgan fingerprint density at radius 1 is 1.07 bits per heavy atom. The molecule has 0 spiro atoms. The molecule has 0 amide bonds. The number of carboxylic acid groups (broad SMARTS) is 1. The average Bonchev–Trinajstić information content (AvgIpc) is 3.16. The maximum absolute atomic E-state index is 11.5. The van der Waals surface area contributed by atoms with Gasteiger partial charge in [-0.25, -0.2) is 4.79 Å². The van der Waals surface area contributed by atoms with Crippen molar-refractivity contribution < 1.29 is 35.1 Å². The number of carbonyl (C=O) groups is 1. The smallest absolute Gasteiger partial charge is 0.328 e. The topological polar surface area (TPSA) is 127 Å². The number of aliphatic hydroxyl groups excluding tert-OH is 2. The summed E-state index contributed by atoms with van der Waals surface area (Å²) in [5, 5.41) is 51.2. The highest BCUT2D eigenvalue weighted by atomic mass is 16.5. The van der Waals surface area contributed by atoms with E-state index in [1.165, 1.54) is 11.6 Å². The van der Waals surface area contributed by atoms with Crippen molar-refractivity contribution in [3.63, 3.8) is 0 Å². The molecule has 3 rings (SSSR count). The molecule has 0 aromatic heterocycles. The van der Waals surface area contributed by atoms with E-state index < -0.39 is 29.7 Å². The number of methoxy groups -OCH3 is 1. The van der Waals surface area contributed by atoms with Crippen LogP contribution in [0.5, 0.6) is 5.75 Å². The minimum absolute atomic E-state index is 0.00479. The van der Waals surface area contributed by atoms with Gasteiger partial charge in [0.05, 0.1) is 23.9 Å². The number of benzene rings is 1. The number of hydrogen-bond acceptors (Lipinski definition) is 6. The highest BCUT2D eigenvalue weighted by molar-refractivity contribution is 5.80. The Bertz CT molecular complexity index is 1330. The molecule has 9 atom stereocenters. The van der Waals surface area contributed by atoms with Gasteiger partial charge < -0.3 is 30.3 Å². The second-order valence-electron chi connectivity index (χ2n) is 13.8. The predicted octanol–water partition coefficient (Wildman–Crippen LogP) is 6.69. The van der Waals surface area contributed by atoms with Gasteiger partial charge in [0.2, 0.25) is 0 Å². The summed E-state index contributed by atoms with van der Waals surface area (Å²) in [4.78, 5) is 10.7. The van der Waals surface area contributed by atoms with E-state index >= 15 is 0 Å². The Hall–Kier alpha value is -3.23. The van der Waals surface area contributed by atoms with Crippen LogP contribution < -0.4 is 0 Å². The zero-order valence-electron chi connectivity index (χ0n) is 27.7. The molecule has 2 aliphatic rings. The molecule has 1 fully saturated rings. The predicted molar refractivity (Wildman–Crippen MR) is 178 cm³/mol. The molecule has 0 aliphatic heterocycles. The van der Waals surface area contributed by atoms with Crippen molar-refractivity contribution in [2.75, 3.05) is 7.11 Å². The summed E-state index contributed by atoms with van der Waals surface area (Å²) in [6.07, 6.45) is 17.0. The zero-order chi connectivity index (χ0) is 33.5. The van der Waals surface area contributed by atoms with Crippen molar-refractivity contribution in [3.05, 3.63) is 102 Å². The van der Waals surface area contributed by atoms with E-state index in [0.29, 0.717) is 12.8 Å². The van der Waals surface area contributed by atoms with Gasteiger partial charge in [0, 0.05) is 36.9 Å². The van der Waals surface area contributed by atoms with Crippen molar-refractivity contribution >= 4 is 5.97 Å². The molecule has 0 heterocycles. The number of hydrogen-bond donors (Lipinski definition) is 5. The Balaban J connectivity index is 1.77. The van der Waals surface area contributed by atoms with Gasteiger partial charge in [-0.05, 0) is 62.6 Å². The lowest BCUT2D eigenvalue weighted by molar-refractivity contribution is -0.131. The van der Waals surface area contributed by atoms with Crippen molar-refractivity contribution in [3.8, 4) is 5.75 Å². The van der Waals surface area contributed by atoms with Crippen molar-refractivity contribution in [1.29, 1.82) is 0 Å². The first-order valence-corrected chi connectivity index (χ1v) is 15.8. The number of aliphatic carboxylic acids is 1. The van der Waals surface area contributed by atoms with E-state index in [1.54, 1.807) is 51.3 Å². The quantitative estimate of drug-likeness (QED) is 0.0945. The van der Waals surface area contributed by atoms with Crippen LogP contribution in [0, 0.1) is 35.0 Å². The molecule has 1 aromatic rings. The molecular weight excluding hydrogens is 568 g/mol. The number of allylic oxidation sites excluding steroid dienone is 8. The Labute approximate surface area is 268 Å². The molecular formula is C38H52O7. The third-order valence-electron chi connectivity index (χ3n) is 9.72. The minimum Gasteiger partial charge on any atom is -0.508 e. The molecule has 5 N–H and O–H groups in total. The summed E-state index contributed by atoms with van der Waals surface area (Å²) in [6.45, 7) is 12.1. The highest BCUT2D eigenvalue weighted by Crippen LogP contribution is 2.62. The Kier molecular flexibility index (Phi) is 12.4. The Morgan fingerprint density at radius 3 is 2.33 bits per heavy atom. The Morgan fingerprint density at radius 2 is 1.71 bits per heavy atom. The number of aliphatic hydroxyl groups is 3. The van der Waals surface area contributed by atoms with E-state index in [1.807, 2.05) is 37.3 Å². The normalized spacial score (nSPS) is 29.7. The lowest BCUT2D eigenvalue weighted by atomic mass is 9.59. The maximum atomic E-state index is 11.5. The molecule has 7 nitrogen and oxygen atoms in total. The van der Waals surface area contributed by atoms with E-state index in [9.17, 15) is 25.2 Å². The van der Waals surface area contributed by atoms with Gasteiger partial charge in [-0.1, -0.05) is 98.7 Å². The van der Waals surface area contributed by atoms with Gasteiger partial charge in [-0.15, -0.1) is 0 Å². The number of fused-ring (bicyclic) bond motifs is 1. The first-order chi connectivity index (χ1) is 21.1. The third kappa shape index (κ3) is 9.17. The van der Waals surface area contributed by atoms with Crippen LogP contribution in [0.15, 0.2) is 96.2 Å². The molecule has 2 aliphatic carbocycles. The fourth-order valence-corrected chi connectivity index (χ4v) is 7.52. The summed E-state index contributed by atoms with van der Waals surface area (Å²) >= 11 is 0. The van der Waals surface area contributed by atoms with Crippen LogP contribution in [-0.2, 0) is 9.53 Å². The van der Waals surface area contributed by atoms with Gasteiger partial charge in [0.15, 0.2) is 0 Å². The van der Waals surface area contributed by atoms with Gasteiger partial charge >= 0.3 is 5.97 Å². The summed E-state index contributed by atoms with van der Waals surface area (Å²) in [6, 6.07) is 7.20. The van der Waals surface area contributed by atoms with E-state index in [4.69, 9.17) is 9.84 Å². The average molecular weight is 621 g/mol. The number of carboxylic acids is 1. The molecule has 1 aromatic carbocycles. The monoisotopic (exact) mass is 620 g/mol. The molecule has 7 heteroatoms. The first kappa shape index (κ1) is 36.2. The van der Waals surface area contributed by atoms with Crippen LogP contribution in [-0.4, -0.2) is 56.4 Å². The summed E-state index contributed by atoms with van der Waals surface area (Å²) < 4.78 is 6.20. The number of phenolic OH excluding ortho intramolecular Hbond substituents is 1. The molecule has 0 saturated heterocycles. The fraction of sp³-hybridized carbons (Fsp3) is 0.500. The van der Waals surface area contributed by atoms with Crippen LogP contribution in [0.1, 0.15) is 66.1 Å². The van der Waals surface area contributed by atoms with E-state index in [0.717, 1.165) is 17.2 Å². The molecule has 1 saturated carbocycles. The van der Waals surface area contributed by atoms with Crippen LogP contribution in [0.4, 0.5) is 0 Å². The number of phenols is 1. The van der Waals surface area contributed by atoms with Gasteiger partial charge in [-0.2, -0.15) is 0 Å². The number of aromatic hydroxyl groups is 1. The first-order valence-electron chi connectivity index (χ1n) is 15.8. The molecule has 0 bridgehead atoms. The highest BCUT2D eigenvalue weighted by Gasteiger charge is 2.59. The molecule has 246 valence electrons. The second-order valence-corrected chi connectivity index (χ2v) is 13.8. The van der Waals surface area contributed by atoms with E-state index in [2.05, 4.69) is 32.9 Å². The number of rotatable bonds is 13. The van der Waals surface area contributed by atoms with Crippen LogP contribution in [0.25, 0.3) is 0 Å². The SMILES string of the molecule is COC(c1ccc(O)cc1)C1C(/C=C/C=C/C=C/C(O)C(C)C(O)C/C=C(C)\C=C\C(=O)O)C(C)=CC2C1C(C)(C)CC2(C)O. The standard InChI is InChI=1S/C38H52O7/c1-24(15-21-33(42)43)14-20-32(41)26(3)31(40)13-11-9-8-10-12-29-25(2)22-30-35(37(4,5)23-38(30,6)44)34(29)36(45-7)27-16-18-28(39)19-17-27/h8-19,21-22,26,29-32,34-36,39-41,44H,20,23H2,1-7H3,(H,42,43)/b9-8+,12-10+,13-11+,21-15+,24-14-. The van der Waals surface area contributed by atoms with Crippen molar-refractivity contribution in [2.45, 2.75) is 78.3 Å². The summed E-state index contributed by atoms with van der Waals surface area (Å²) in [5.41, 5.74) is 1.95.